The summed E-state index contributed by atoms with van der Waals surface area (Å²) in [6.07, 6.45) is -2.63. The molecule has 2 aromatic heterocycles. The Morgan fingerprint density at radius 3 is 2.59 bits per heavy atom. The topological polar surface area (TPSA) is 207 Å². The van der Waals surface area contributed by atoms with Crippen molar-refractivity contribution in [3.8, 4) is 0 Å². The van der Waals surface area contributed by atoms with E-state index in [0.29, 0.717) is 32.7 Å². The molecule has 41 heavy (non-hydrogen) atoms. The summed E-state index contributed by atoms with van der Waals surface area (Å²) in [7, 11) is 0. The van der Waals surface area contributed by atoms with Crippen LogP contribution in [-0.4, -0.2) is 110 Å². The highest BCUT2D eigenvalue weighted by Crippen LogP contribution is 2.32. The van der Waals surface area contributed by atoms with E-state index >= 15 is 0 Å². The van der Waals surface area contributed by atoms with Gasteiger partial charge < -0.3 is 41.0 Å². The Morgan fingerprint density at radius 2 is 1.83 bits per heavy atom. The number of nitrogens with two attached hydrogens (primary N) is 1. The summed E-state index contributed by atoms with van der Waals surface area (Å²) in [5, 5.41) is 26.7. The number of nitrogens with zero attached hydrogens (tertiary/aromatic N) is 5. The number of anilines is 1. The van der Waals surface area contributed by atoms with Gasteiger partial charge >= 0.3 is 0 Å². The van der Waals surface area contributed by atoms with Crippen molar-refractivity contribution in [3.05, 3.63) is 48.5 Å². The van der Waals surface area contributed by atoms with Gasteiger partial charge in [0.15, 0.2) is 23.8 Å². The minimum absolute atomic E-state index is 0.121. The van der Waals surface area contributed by atoms with Gasteiger partial charge in [-0.2, -0.15) is 0 Å². The number of imidazole rings is 1. The molecule has 3 aromatic rings. The molecule has 5 atom stereocenters. The molecule has 2 saturated heterocycles. The van der Waals surface area contributed by atoms with Gasteiger partial charge in [-0.25, -0.2) is 15.0 Å². The number of amides is 3. The number of benzene rings is 1. The number of nitrogen functional groups attached to an aromatic ring is 1. The Hall–Kier alpha value is -4.18. The zero-order valence-corrected chi connectivity index (χ0v) is 22.1. The van der Waals surface area contributed by atoms with Crippen LogP contribution in [-0.2, 0) is 30.3 Å². The molecule has 15 nitrogen and oxygen atoms in total. The third-order valence-corrected chi connectivity index (χ3v) is 7.13. The highest BCUT2D eigenvalue weighted by atomic mass is 16.6. The van der Waals surface area contributed by atoms with Crippen molar-refractivity contribution in [2.24, 2.45) is 0 Å². The number of hydrogen-bond donors (Lipinski definition) is 5. The molecule has 0 unspecified atom stereocenters. The molecule has 5 rings (SSSR count). The molecule has 2 aliphatic heterocycles. The summed E-state index contributed by atoms with van der Waals surface area (Å²) in [6, 6.07) is 8.36. The first-order chi connectivity index (χ1) is 19.8. The van der Waals surface area contributed by atoms with Gasteiger partial charge in [-0.3, -0.25) is 19.0 Å². The molecule has 6 N–H and O–H groups in total. The summed E-state index contributed by atoms with van der Waals surface area (Å²) >= 11 is 0. The van der Waals surface area contributed by atoms with Crippen LogP contribution < -0.4 is 16.4 Å². The van der Waals surface area contributed by atoms with Crippen LogP contribution in [0.2, 0.25) is 0 Å². The smallest absolute Gasteiger partial charge is 0.252 e. The number of nitrogens with one attached hydrogen (secondary N) is 2. The van der Waals surface area contributed by atoms with Crippen LogP contribution in [0.1, 0.15) is 18.2 Å². The van der Waals surface area contributed by atoms with Gasteiger partial charge in [0.25, 0.3) is 5.91 Å². The molecule has 1 aromatic carbocycles. The first kappa shape index (κ1) is 28.4. The highest BCUT2D eigenvalue weighted by Gasteiger charge is 2.48. The standard InChI is InChI=1S/C26H32N8O7/c27-22-18-23(30-13-29-22)34(14-31-18)26-20(37)19(36)21(41-26)25(39)32-16(7-6-15-4-2-1-3-5-15)24(38)28-12-17(35)33-8-10-40-11-9-33/h1-5,13-14,16,19-21,26,36-37H,6-12H2,(H,28,38)(H,32,39)(H2,27,29,30)/t16-,19-,20+,21-,26+/m0/s1. The third-order valence-electron chi connectivity index (χ3n) is 7.13. The molecule has 2 aliphatic rings. The van der Waals surface area contributed by atoms with Crippen LogP contribution in [0.4, 0.5) is 5.82 Å². The quantitative estimate of drug-likeness (QED) is 0.193. The van der Waals surface area contributed by atoms with Crippen LogP contribution >= 0.6 is 0 Å². The molecule has 2 fully saturated rings. The molecule has 218 valence electrons. The van der Waals surface area contributed by atoms with Crippen LogP contribution in [0, 0.1) is 0 Å². The fourth-order valence-corrected chi connectivity index (χ4v) is 4.85. The lowest BCUT2D eigenvalue weighted by atomic mass is 10.0. The summed E-state index contributed by atoms with van der Waals surface area (Å²) < 4.78 is 12.4. The first-order valence-corrected chi connectivity index (χ1v) is 13.3. The molecular weight excluding hydrogens is 536 g/mol. The van der Waals surface area contributed by atoms with E-state index in [9.17, 15) is 24.6 Å². The average Bonchev–Trinajstić information content (AvgIpc) is 3.56. The predicted molar refractivity (Wildman–Crippen MR) is 143 cm³/mol. The maximum absolute atomic E-state index is 13.3. The lowest BCUT2D eigenvalue weighted by Crippen LogP contribution is -2.53. The molecule has 0 saturated carbocycles. The normalized spacial score (nSPS) is 23.3. The Balaban J connectivity index is 1.27. The second-order valence-electron chi connectivity index (χ2n) is 9.81. The van der Waals surface area contributed by atoms with Crippen molar-refractivity contribution in [2.75, 3.05) is 38.6 Å². The number of morpholine rings is 1. The minimum Gasteiger partial charge on any atom is -0.387 e. The lowest BCUT2D eigenvalue weighted by Gasteiger charge is -2.27. The molecule has 0 radical (unpaired) electrons. The van der Waals surface area contributed by atoms with E-state index in [0.717, 1.165) is 5.56 Å². The molecular formula is C26H32N8O7. The lowest BCUT2D eigenvalue weighted by molar-refractivity contribution is -0.141. The van der Waals surface area contributed by atoms with Gasteiger partial charge in [0.2, 0.25) is 11.8 Å². The van der Waals surface area contributed by atoms with Crippen molar-refractivity contribution in [1.82, 2.24) is 35.1 Å². The number of aliphatic hydroxyl groups excluding tert-OH is 2. The second-order valence-corrected chi connectivity index (χ2v) is 9.81. The number of ether oxygens (including phenoxy) is 2. The number of carbonyl (C=O) groups is 3. The van der Waals surface area contributed by atoms with E-state index in [2.05, 4.69) is 25.6 Å². The number of fused-ring (bicyclic) bond motifs is 1. The minimum atomic E-state index is -1.61. The third kappa shape index (κ3) is 6.27. The van der Waals surface area contributed by atoms with Crippen LogP contribution in [0.3, 0.4) is 0 Å². The van der Waals surface area contributed by atoms with Gasteiger partial charge in [0.1, 0.15) is 30.1 Å². The summed E-state index contributed by atoms with van der Waals surface area (Å²) in [5.74, 6) is -1.50. The molecule has 0 aliphatic carbocycles. The van der Waals surface area contributed by atoms with Crippen molar-refractivity contribution in [3.63, 3.8) is 0 Å². The maximum Gasteiger partial charge on any atom is 0.252 e. The van der Waals surface area contributed by atoms with Gasteiger partial charge in [0.05, 0.1) is 26.1 Å². The number of rotatable bonds is 9. The fourth-order valence-electron chi connectivity index (χ4n) is 4.85. The van der Waals surface area contributed by atoms with Gasteiger partial charge in [0, 0.05) is 13.1 Å². The van der Waals surface area contributed by atoms with Crippen LogP contribution in [0.5, 0.6) is 0 Å². The summed E-state index contributed by atoms with van der Waals surface area (Å²) in [4.78, 5) is 52.7. The molecule has 0 bridgehead atoms. The second kappa shape index (κ2) is 12.6. The number of aryl methyl sites for hydroxylation is 1. The summed E-state index contributed by atoms with van der Waals surface area (Å²) in [5.41, 5.74) is 7.31. The van der Waals surface area contributed by atoms with Crippen LogP contribution in [0.25, 0.3) is 11.2 Å². The Kier molecular flexibility index (Phi) is 8.68. The van der Waals surface area contributed by atoms with Crippen LogP contribution in [0.15, 0.2) is 43.0 Å². The number of aliphatic hydroxyl groups is 2. The maximum atomic E-state index is 13.3. The monoisotopic (exact) mass is 568 g/mol. The predicted octanol–water partition coefficient (Wildman–Crippen LogP) is -1.88. The van der Waals surface area contributed by atoms with Gasteiger partial charge in [-0.1, -0.05) is 30.3 Å². The summed E-state index contributed by atoms with van der Waals surface area (Å²) in [6.45, 7) is 1.50. The molecule has 15 heteroatoms. The average molecular weight is 569 g/mol. The number of aromatic nitrogens is 4. The van der Waals surface area contributed by atoms with E-state index in [1.54, 1.807) is 4.90 Å². The molecule has 0 spiro atoms. The fraction of sp³-hybridized carbons (Fsp3) is 0.462. The van der Waals surface area contributed by atoms with E-state index < -0.39 is 42.4 Å². The van der Waals surface area contributed by atoms with Crippen molar-refractivity contribution in [1.29, 1.82) is 0 Å². The molecule has 3 amide bonds. The Bertz CT molecular complexity index is 1380. The highest BCUT2D eigenvalue weighted by molar-refractivity contribution is 5.92. The van der Waals surface area contributed by atoms with E-state index in [-0.39, 0.29) is 35.9 Å². The van der Waals surface area contributed by atoms with Crippen molar-refractivity contribution >= 4 is 34.7 Å². The zero-order valence-electron chi connectivity index (χ0n) is 22.1. The Morgan fingerprint density at radius 1 is 1.07 bits per heavy atom. The first-order valence-electron chi connectivity index (χ1n) is 13.3. The van der Waals surface area contributed by atoms with Crippen molar-refractivity contribution in [2.45, 2.75) is 43.4 Å². The molecule has 4 heterocycles. The SMILES string of the molecule is Nc1ncnc2c1ncn2[C@@H]1O[C@H](C(=O)N[C@@H](CCc2ccccc2)C(=O)NCC(=O)N2CCOCC2)[C@@H](O)[C@H]1O. The van der Waals surface area contributed by atoms with E-state index in [4.69, 9.17) is 15.2 Å². The van der Waals surface area contributed by atoms with Crippen molar-refractivity contribution < 1.29 is 34.1 Å². The van der Waals surface area contributed by atoms with Gasteiger partial charge in [-0.15, -0.1) is 0 Å². The Labute approximate surface area is 234 Å². The largest absolute Gasteiger partial charge is 0.387 e. The van der Waals surface area contributed by atoms with E-state index in [1.807, 2.05) is 30.3 Å². The number of hydrogen-bond acceptors (Lipinski definition) is 11. The van der Waals surface area contributed by atoms with E-state index in [1.165, 1.54) is 17.2 Å². The number of carbonyl (C=O) groups excluding carboxylic acids is 3. The van der Waals surface area contributed by atoms with Gasteiger partial charge in [-0.05, 0) is 18.4 Å². The zero-order chi connectivity index (χ0) is 28.9.